The summed E-state index contributed by atoms with van der Waals surface area (Å²) in [6, 6.07) is 3.61. The molecule has 0 saturated carbocycles. The zero-order chi connectivity index (χ0) is 10.6. The van der Waals surface area contributed by atoms with E-state index in [9.17, 15) is 8.78 Å². The van der Waals surface area contributed by atoms with Crippen molar-refractivity contribution in [1.82, 2.24) is 0 Å². The summed E-state index contributed by atoms with van der Waals surface area (Å²) in [5.41, 5.74) is 0. The van der Waals surface area contributed by atoms with Gasteiger partial charge in [0.2, 0.25) is 0 Å². The standard InChI is InChI=1S/C10H11ClF2S/c1-7(5-11)6-14-10-3-2-8(12)4-9(10)13/h2-4,7H,5-6H2,1H3. The Balaban J connectivity index is 2.59. The van der Waals surface area contributed by atoms with Crippen molar-refractivity contribution in [3.8, 4) is 0 Å². The van der Waals surface area contributed by atoms with Gasteiger partial charge >= 0.3 is 0 Å². The lowest BCUT2D eigenvalue weighted by Gasteiger charge is -2.07. The highest BCUT2D eigenvalue weighted by Crippen LogP contribution is 2.24. The van der Waals surface area contributed by atoms with Crippen LogP contribution in [0.3, 0.4) is 0 Å². The topological polar surface area (TPSA) is 0 Å². The molecule has 0 aliphatic heterocycles. The van der Waals surface area contributed by atoms with Crippen LogP contribution in [0.15, 0.2) is 23.1 Å². The molecule has 0 nitrogen and oxygen atoms in total. The van der Waals surface area contributed by atoms with E-state index in [0.717, 1.165) is 11.8 Å². The minimum atomic E-state index is -0.544. The second-order valence-electron chi connectivity index (χ2n) is 3.15. The maximum atomic E-state index is 13.1. The number of alkyl halides is 1. The van der Waals surface area contributed by atoms with E-state index in [1.807, 2.05) is 6.92 Å². The first-order valence-electron chi connectivity index (χ1n) is 4.27. The average Bonchev–Trinajstić information content (AvgIpc) is 2.16. The molecule has 0 aliphatic carbocycles. The highest BCUT2D eigenvalue weighted by Gasteiger charge is 2.06. The van der Waals surface area contributed by atoms with Gasteiger partial charge in [0.05, 0.1) is 0 Å². The van der Waals surface area contributed by atoms with Crippen LogP contribution < -0.4 is 0 Å². The van der Waals surface area contributed by atoms with Crippen LogP contribution in [0.4, 0.5) is 8.78 Å². The molecule has 1 rings (SSSR count). The van der Waals surface area contributed by atoms with Gasteiger partial charge in [-0.25, -0.2) is 8.78 Å². The van der Waals surface area contributed by atoms with Crippen LogP contribution in [-0.2, 0) is 0 Å². The Hall–Kier alpha value is -0.280. The summed E-state index contributed by atoms with van der Waals surface area (Å²) < 4.78 is 25.7. The van der Waals surface area contributed by atoms with Crippen LogP contribution in [0.25, 0.3) is 0 Å². The quantitative estimate of drug-likeness (QED) is 0.564. The molecule has 1 aromatic carbocycles. The van der Waals surface area contributed by atoms with Crippen LogP contribution in [-0.4, -0.2) is 11.6 Å². The Morgan fingerprint density at radius 1 is 1.43 bits per heavy atom. The van der Waals surface area contributed by atoms with E-state index in [2.05, 4.69) is 0 Å². The Morgan fingerprint density at radius 2 is 2.14 bits per heavy atom. The molecule has 0 aliphatic rings. The number of thioether (sulfide) groups is 1. The second-order valence-corrected chi connectivity index (χ2v) is 4.52. The monoisotopic (exact) mass is 236 g/mol. The van der Waals surface area contributed by atoms with Crippen LogP contribution in [0, 0.1) is 17.6 Å². The summed E-state index contributed by atoms with van der Waals surface area (Å²) in [5.74, 6) is 0.571. The molecule has 0 radical (unpaired) electrons. The van der Waals surface area contributed by atoms with Gasteiger partial charge in [-0.15, -0.1) is 23.4 Å². The molecule has 0 bridgehead atoms. The lowest BCUT2D eigenvalue weighted by atomic mass is 10.3. The molecule has 0 amide bonds. The van der Waals surface area contributed by atoms with Gasteiger partial charge in [0.25, 0.3) is 0 Å². The average molecular weight is 237 g/mol. The molecular formula is C10H11ClF2S. The van der Waals surface area contributed by atoms with Crippen LogP contribution in [0.1, 0.15) is 6.92 Å². The van der Waals surface area contributed by atoms with E-state index in [4.69, 9.17) is 11.6 Å². The smallest absolute Gasteiger partial charge is 0.139 e. The predicted molar refractivity (Wildman–Crippen MR) is 57.0 cm³/mol. The van der Waals surface area contributed by atoms with Crippen LogP contribution in [0.5, 0.6) is 0 Å². The first-order valence-corrected chi connectivity index (χ1v) is 5.79. The van der Waals surface area contributed by atoms with Crippen LogP contribution >= 0.6 is 23.4 Å². The van der Waals surface area contributed by atoms with Crippen molar-refractivity contribution in [2.24, 2.45) is 5.92 Å². The van der Waals surface area contributed by atoms with Gasteiger partial charge < -0.3 is 0 Å². The van der Waals surface area contributed by atoms with Crippen molar-refractivity contribution in [2.75, 3.05) is 11.6 Å². The summed E-state index contributed by atoms with van der Waals surface area (Å²) in [5, 5.41) is 0. The number of hydrogen-bond acceptors (Lipinski definition) is 1. The number of benzene rings is 1. The van der Waals surface area contributed by atoms with Crippen molar-refractivity contribution in [3.63, 3.8) is 0 Å². The van der Waals surface area contributed by atoms with Crippen molar-refractivity contribution in [3.05, 3.63) is 29.8 Å². The second kappa shape index (κ2) is 5.56. The fourth-order valence-corrected chi connectivity index (χ4v) is 2.05. The fourth-order valence-electron chi connectivity index (χ4n) is 0.869. The molecule has 1 unspecified atom stereocenters. The van der Waals surface area contributed by atoms with Crippen molar-refractivity contribution < 1.29 is 8.78 Å². The van der Waals surface area contributed by atoms with E-state index in [1.165, 1.54) is 23.9 Å². The summed E-state index contributed by atoms with van der Waals surface area (Å²) in [7, 11) is 0. The summed E-state index contributed by atoms with van der Waals surface area (Å²) in [6.07, 6.45) is 0. The number of halogens is 3. The van der Waals surface area contributed by atoms with Gasteiger partial charge in [0.1, 0.15) is 11.6 Å². The first kappa shape index (κ1) is 11.8. The van der Waals surface area contributed by atoms with Crippen molar-refractivity contribution >= 4 is 23.4 Å². The van der Waals surface area contributed by atoms with Gasteiger partial charge in [-0.05, 0) is 18.1 Å². The van der Waals surface area contributed by atoms with Gasteiger partial charge in [0, 0.05) is 22.6 Å². The molecule has 14 heavy (non-hydrogen) atoms. The fraction of sp³-hybridized carbons (Fsp3) is 0.400. The predicted octanol–water partition coefficient (Wildman–Crippen LogP) is 3.93. The normalized spacial score (nSPS) is 12.9. The SMILES string of the molecule is CC(CCl)CSc1ccc(F)cc1F. The molecule has 0 saturated heterocycles. The third-order valence-electron chi connectivity index (χ3n) is 1.68. The minimum absolute atomic E-state index is 0.325. The summed E-state index contributed by atoms with van der Waals surface area (Å²) in [4.78, 5) is 0.475. The Labute approximate surface area is 91.6 Å². The van der Waals surface area contributed by atoms with E-state index in [1.54, 1.807) is 0 Å². The third kappa shape index (κ3) is 3.46. The van der Waals surface area contributed by atoms with Gasteiger partial charge in [-0.3, -0.25) is 0 Å². The number of rotatable bonds is 4. The van der Waals surface area contributed by atoms with Crippen LogP contribution in [0.2, 0.25) is 0 Å². The minimum Gasteiger partial charge on any atom is -0.207 e. The highest BCUT2D eigenvalue weighted by molar-refractivity contribution is 7.99. The summed E-state index contributed by atoms with van der Waals surface area (Å²) in [6.45, 7) is 1.99. The van der Waals surface area contributed by atoms with E-state index >= 15 is 0 Å². The molecule has 0 fully saturated rings. The van der Waals surface area contributed by atoms with E-state index in [0.29, 0.717) is 16.7 Å². The van der Waals surface area contributed by atoms with Crippen molar-refractivity contribution in [2.45, 2.75) is 11.8 Å². The maximum absolute atomic E-state index is 13.1. The maximum Gasteiger partial charge on any atom is 0.139 e. The zero-order valence-corrected chi connectivity index (χ0v) is 9.34. The molecule has 1 aromatic rings. The Morgan fingerprint density at radius 3 is 2.71 bits per heavy atom. The number of hydrogen-bond donors (Lipinski definition) is 0. The Kier molecular flexibility index (Phi) is 4.69. The van der Waals surface area contributed by atoms with E-state index < -0.39 is 11.6 Å². The molecule has 4 heteroatoms. The lowest BCUT2D eigenvalue weighted by molar-refractivity contribution is 0.565. The molecule has 0 aromatic heterocycles. The third-order valence-corrected chi connectivity index (χ3v) is 3.59. The molecule has 0 N–H and O–H groups in total. The highest BCUT2D eigenvalue weighted by atomic mass is 35.5. The molecule has 1 atom stereocenters. The molecular weight excluding hydrogens is 226 g/mol. The summed E-state index contributed by atoms with van der Waals surface area (Å²) >= 11 is 6.98. The van der Waals surface area contributed by atoms with Gasteiger partial charge in [-0.1, -0.05) is 6.92 Å². The largest absolute Gasteiger partial charge is 0.207 e. The Bertz CT molecular complexity index is 304. The molecule has 78 valence electrons. The van der Waals surface area contributed by atoms with E-state index in [-0.39, 0.29) is 0 Å². The molecule has 0 spiro atoms. The molecule has 0 heterocycles. The lowest BCUT2D eigenvalue weighted by Crippen LogP contribution is -1.99. The zero-order valence-electron chi connectivity index (χ0n) is 7.77. The van der Waals surface area contributed by atoms with Gasteiger partial charge in [0.15, 0.2) is 0 Å². The van der Waals surface area contributed by atoms with Crippen molar-refractivity contribution in [1.29, 1.82) is 0 Å². The van der Waals surface area contributed by atoms with Gasteiger partial charge in [-0.2, -0.15) is 0 Å². The first-order chi connectivity index (χ1) is 6.63.